The summed E-state index contributed by atoms with van der Waals surface area (Å²) in [5.74, 6) is 0.413. The molecule has 156 valence electrons. The monoisotopic (exact) mass is 416 g/mol. The summed E-state index contributed by atoms with van der Waals surface area (Å²) >= 11 is 0. The fourth-order valence-corrected chi connectivity index (χ4v) is 3.34. The van der Waals surface area contributed by atoms with Crippen molar-refractivity contribution in [2.24, 2.45) is 0 Å². The molecule has 1 atom stereocenters. The van der Waals surface area contributed by atoms with Crippen LogP contribution in [0.15, 0.2) is 54.6 Å². The van der Waals surface area contributed by atoms with Crippen molar-refractivity contribution in [1.29, 1.82) is 0 Å². The van der Waals surface area contributed by atoms with E-state index < -0.39 is 17.9 Å². The van der Waals surface area contributed by atoms with E-state index in [-0.39, 0.29) is 19.0 Å². The predicted octanol–water partition coefficient (Wildman–Crippen LogP) is 3.61. The molecule has 30 heavy (non-hydrogen) atoms. The second-order valence-corrected chi connectivity index (χ2v) is 6.90. The SMILES string of the molecule is COc1cccc(-c2cc3n(n2)C(NCc2cccc(C(F)(F)F)c2)CNC3=O)c1. The summed E-state index contributed by atoms with van der Waals surface area (Å²) in [5, 5.41) is 10.5. The summed E-state index contributed by atoms with van der Waals surface area (Å²) in [6.45, 7) is 0.461. The summed E-state index contributed by atoms with van der Waals surface area (Å²) < 4.78 is 45.6. The van der Waals surface area contributed by atoms with E-state index in [0.717, 1.165) is 17.7 Å². The molecule has 0 spiro atoms. The Morgan fingerprint density at radius 2 is 2.00 bits per heavy atom. The molecule has 0 bridgehead atoms. The van der Waals surface area contributed by atoms with E-state index >= 15 is 0 Å². The molecular formula is C21H19F3N4O2. The van der Waals surface area contributed by atoms with E-state index in [1.165, 1.54) is 6.07 Å². The molecule has 1 aromatic heterocycles. The standard InChI is InChI=1S/C21H19F3N4O2/c1-30-16-7-3-5-14(9-16)17-10-18-20(29)26-12-19(28(18)27-17)25-11-13-4-2-6-15(8-13)21(22,23)24/h2-10,19,25H,11-12H2,1H3,(H,26,29). The number of hydrogen-bond donors (Lipinski definition) is 2. The van der Waals surface area contributed by atoms with Gasteiger partial charge in [0.05, 0.1) is 24.9 Å². The summed E-state index contributed by atoms with van der Waals surface area (Å²) in [6, 6.07) is 14.1. The number of ether oxygens (including phenoxy) is 1. The quantitative estimate of drug-likeness (QED) is 0.667. The van der Waals surface area contributed by atoms with Crippen LogP contribution in [-0.2, 0) is 12.7 Å². The van der Waals surface area contributed by atoms with Gasteiger partial charge in [0.2, 0.25) is 0 Å². The van der Waals surface area contributed by atoms with Gasteiger partial charge in [-0.25, -0.2) is 4.68 Å². The van der Waals surface area contributed by atoms with Crippen molar-refractivity contribution in [2.45, 2.75) is 18.9 Å². The van der Waals surface area contributed by atoms with Crippen LogP contribution in [0.3, 0.4) is 0 Å². The Bertz CT molecular complexity index is 1080. The van der Waals surface area contributed by atoms with Gasteiger partial charge in [-0.05, 0) is 29.8 Å². The van der Waals surface area contributed by atoms with Gasteiger partial charge in [-0.2, -0.15) is 18.3 Å². The number of carbonyl (C=O) groups excluding carboxylic acids is 1. The van der Waals surface area contributed by atoms with E-state index in [0.29, 0.717) is 22.7 Å². The summed E-state index contributed by atoms with van der Waals surface area (Å²) in [6.07, 6.45) is -4.79. The van der Waals surface area contributed by atoms with Gasteiger partial charge in [-0.15, -0.1) is 0 Å². The molecule has 9 heteroatoms. The van der Waals surface area contributed by atoms with Gasteiger partial charge in [0.15, 0.2) is 0 Å². The number of nitrogens with zero attached hydrogens (tertiary/aromatic N) is 2. The molecule has 1 unspecified atom stereocenters. The van der Waals surface area contributed by atoms with Gasteiger partial charge in [0.1, 0.15) is 17.6 Å². The van der Waals surface area contributed by atoms with Crippen molar-refractivity contribution in [1.82, 2.24) is 20.4 Å². The molecule has 2 aromatic carbocycles. The molecule has 0 aliphatic carbocycles. The molecule has 6 nitrogen and oxygen atoms in total. The highest BCUT2D eigenvalue weighted by molar-refractivity contribution is 5.94. The van der Waals surface area contributed by atoms with Gasteiger partial charge in [-0.3, -0.25) is 10.1 Å². The number of carbonyl (C=O) groups is 1. The molecule has 1 aliphatic rings. The van der Waals surface area contributed by atoms with Crippen molar-refractivity contribution in [3.63, 3.8) is 0 Å². The van der Waals surface area contributed by atoms with Crippen LogP contribution in [0.2, 0.25) is 0 Å². The molecule has 0 saturated heterocycles. The molecule has 1 aliphatic heterocycles. The number of alkyl halides is 3. The first-order chi connectivity index (χ1) is 14.3. The zero-order valence-electron chi connectivity index (χ0n) is 16.0. The lowest BCUT2D eigenvalue weighted by Gasteiger charge is -2.26. The van der Waals surface area contributed by atoms with Gasteiger partial charge in [-0.1, -0.05) is 30.3 Å². The fraction of sp³-hybridized carbons (Fsp3) is 0.238. The lowest BCUT2D eigenvalue weighted by atomic mass is 10.1. The molecule has 3 aromatic rings. The highest BCUT2D eigenvalue weighted by Gasteiger charge is 2.31. The zero-order chi connectivity index (χ0) is 21.3. The third-order valence-electron chi connectivity index (χ3n) is 4.88. The smallest absolute Gasteiger partial charge is 0.416 e. The molecular weight excluding hydrogens is 397 g/mol. The number of benzene rings is 2. The maximum absolute atomic E-state index is 12.9. The highest BCUT2D eigenvalue weighted by Crippen LogP contribution is 2.30. The summed E-state index contributed by atoms with van der Waals surface area (Å²) in [5.41, 5.74) is 1.57. The van der Waals surface area contributed by atoms with E-state index in [1.807, 2.05) is 24.3 Å². The number of nitrogens with one attached hydrogen (secondary N) is 2. The van der Waals surface area contributed by atoms with Gasteiger partial charge >= 0.3 is 6.18 Å². The summed E-state index contributed by atoms with van der Waals surface area (Å²) in [7, 11) is 1.57. The van der Waals surface area contributed by atoms with E-state index in [9.17, 15) is 18.0 Å². The lowest BCUT2D eigenvalue weighted by molar-refractivity contribution is -0.137. The van der Waals surface area contributed by atoms with Crippen LogP contribution in [0.25, 0.3) is 11.3 Å². The van der Waals surface area contributed by atoms with Crippen molar-refractivity contribution in [3.05, 3.63) is 71.4 Å². The molecule has 0 radical (unpaired) electrons. The minimum absolute atomic E-state index is 0.193. The van der Waals surface area contributed by atoms with Crippen LogP contribution in [0.1, 0.15) is 27.8 Å². The number of halogens is 3. The third kappa shape index (κ3) is 4.02. The lowest BCUT2D eigenvalue weighted by Crippen LogP contribution is -2.45. The molecule has 1 amide bonds. The largest absolute Gasteiger partial charge is 0.497 e. The summed E-state index contributed by atoms with van der Waals surface area (Å²) in [4.78, 5) is 12.3. The fourth-order valence-electron chi connectivity index (χ4n) is 3.34. The van der Waals surface area contributed by atoms with E-state index in [4.69, 9.17) is 4.74 Å². The minimum atomic E-state index is -4.39. The normalized spacial score (nSPS) is 16.1. The second kappa shape index (κ2) is 7.83. The maximum atomic E-state index is 12.9. The van der Waals surface area contributed by atoms with Gasteiger partial charge in [0.25, 0.3) is 5.91 Å². The van der Waals surface area contributed by atoms with Crippen molar-refractivity contribution in [3.8, 4) is 17.0 Å². The Hall–Kier alpha value is -3.33. The van der Waals surface area contributed by atoms with Gasteiger partial charge < -0.3 is 10.1 Å². The van der Waals surface area contributed by atoms with Crippen LogP contribution >= 0.6 is 0 Å². The Morgan fingerprint density at radius 1 is 1.20 bits per heavy atom. The Labute approximate surface area is 170 Å². The molecule has 2 heterocycles. The number of fused-ring (bicyclic) bond motifs is 1. The van der Waals surface area contributed by atoms with Crippen LogP contribution in [0.5, 0.6) is 5.75 Å². The number of amides is 1. The average molecular weight is 416 g/mol. The Balaban J connectivity index is 1.57. The van der Waals surface area contributed by atoms with Crippen LogP contribution in [0, 0.1) is 0 Å². The first-order valence-corrected chi connectivity index (χ1v) is 9.27. The molecule has 0 saturated carbocycles. The molecule has 0 fully saturated rings. The number of methoxy groups -OCH3 is 1. The van der Waals surface area contributed by atoms with Crippen molar-refractivity contribution >= 4 is 5.91 Å². The average Bonchev–Trinajstić information content (AvgIpc) is 3.20. The Morgan fingerprint density at radius 3 is 2.77 bits per heavy atom. The van der Waals surface area contributed by atoms with Crippen LogP contribution in [-0.4, -0.2) is 29.3 Å². The van der Waals surface area contributed by atoms with E-state index in [1.54, 1.807) is 23.9 Å². The number of rotatable bonds is 5. The Kier molecular flexibility index (Phi) is 5.21. The first-order valence-electron chi connectivity index (χ1n) is 9.27. The minimum Gasteiger partial charge on any atom is -0.497 e. The highest BCUT2D eigenvalue weighted by atomic mass is 19.4. The maximum Gasteiger partial charge on any atom is 0.416 e. The van der Waals surface area contributed by atoms with E-state index in [2.05, 4.69) is 15.7 Å². The third-order valence-corrected chi connectivity index (χ3v) is 4.88. The van der Waals surface area contributed by atoms with Crippen molar-refractivity contribution in [2.75, 3.05) is 13.7 Å². The molecule has 4 rings (SSSR count). The molecule has 2 N–H and O–H groups in total. The first kappa shape index (κ1) is 20.0. The number of aromatic nitrogens is 2. The predicted molar refractivity (Wildman–Crippen MR) is 104 cm³/mol. The van der Waals surface area contributed by atoms with Crippen molar-refractivity contribution < 1.29 is 22.7 Å². The van der Waals surface area contributed by atoms with Gasteiger partial charge in [0, 0.05) is 12.1 Å². The topological polar surface area (TPSA) is 68.2 Å². The van der Waals surface area contributed by atoms with Crippen LogP contribution < -0.4 is 15.4 Å². The second-order valence-electron chi connectivity index (χ2n) is 6.90. The zero-order valence-corrected chi connectivity index (χ0v) is 16.0. The van der Waals surface area contributed by atoms with Crippen LogP contribution in [0.4, 0.5) is 13.2 Å². The number of hydrogen-bond acceptors (Lipinski definition) is 4.